The molecule has 5 aromatic rings. The van der Waals surface area contributed by atoms with Crippen molar-refractivity contribution in [2.75, 3.05) is 0 Å². The summed E-state index contributed by atoms with van der Waals surface area (Å²) in [5, 5.41) is 21.2. The quantitative estimate of drug-likeness (QED) is 0.320. The third kappa shape index (κ3) is 3.22. The van der Waals surface area contributed by atoms with Crippen LogP contribution in [0, 0.1) is 11.3 Å². The number of nitriles is 1. The number of nitrogens with zero attached hydrogens (tertiary/aromatic N) is 3. The Labute approximate surface area is 181 Å². The summed E-state index contributed by atoms with van der Waals surface area (Å²) in [4.78, 5) is 16.8. The third-order valence-electron chi connectivity index (χ3n) is 5.31. The van der Waals surface area contributed by atoms with Crippen LogP contribution in [0.25, 0.3) is 27.6 Å². The number of phenols is 1. The first-order valence-corrected chi connectivity index (χ1v) is 10.8. The summed E-state index contributed by atoms with van der Waals surface area (Å²) >= 11 is 1.57. The molecule has 0 atom stereocenters. The fraction of sp³-hybridized carbons (Fsp3) is 0.125. The molecule has 0 spiro atoms. The standard InChI is InChI=1S/C24H17N3O3S/c1-2-14-9-22(27-20-6-4-3-5-19(20)26-24(27)18(14)12-25)31-13-15-10-23(29)30-21-11-16(28)7-8-17(15)21/h3-11,28H,2,13H2,1H3. The molecule has 0 unspecified atom stereocenters. The van der Waals surface area contributed by atoms with Crippen LogP contribution < -0.4 is 5.63 Å². The van der Waals surface area contributed by atoms with Gasteiger partial charge in [-0.1, -0.05) is 19.1 Å². The first-order valence-electron chi connectivity index (χ1n) is 9.80. The Bertz CT molecular complexity index is 1580. The third-order valence-corrected chi connectivity index (χ3v) is 6.36. The summed E-state index contributed by atoms with van der Waals surface area (Å²) in [5.41, 5.74) is 4.65. The highest BCUT2D eigenvalue weighted by atomic mass is 32.2. The SMILES string of the molecule is CCc1cc(SCc2cc(=O)oc3cc(O)ccc23)n2c(nc3ccccc32)c1C#N. The van der Waals surface area contributed by atoms with Crippen molar-refractivity contribution in [2.45, 2.75) is 24.1 Å². The number of aromatic hydroxyl groups is 1. The maximum atomic E-state index is 12.0. The van der Waals surface area contributed by atoms with Crippen molar-refractivity contribution in [2.24, 2.45) is 0 Å². The second kappa shape index (κ2) is 7.49. The first-order chi connectivity index (χ1) is 15.1. The smallest absolute Gasteiger partial charge is 0.336 e. The fourth-order valence-electron chi connectivity index (χ4n) is 3.84. The van der Waals surface area contributed by atoms with Crippen LogP contribution in [0.2, 0.25) is 0 Å². The molecule has 2 aromatic carbocycles. The number of fused-ring (bicyclic) bond motifs is 4. The predicted molar refractivity (Wildman–Crippen MR) is 121 cm³/mol. The van der Waals surface area contributed by atoms with E-state index >= 15 is 0 Å². The summed E-state index contributed by atoms with van der Waals surface area (Å²) in [7, 11) is 0. The Kier molecular flexibility index (Phi) is 4.64. The summed E-state index contributed by atoms with van der Waals surface area (Å²) in [5.74, 6) is 0.565. The van der Waals surface area contributed by atoms with E-state index in [0.717, 1.165) is 32.6 Å². The fourth-order valence-corrected chi connectivity index (χ4v) is 4.92. The molecule has 7 heteroatoms. The maximum absolute atomic E-state index is 12.0. The lowest BCUT2D eigenvalue weighted by Gasteiger charge is -2.12. The number of para-hydroxylation sites is 2. The molecule has 0 aliphatic carbocycles. The molecule has 152 valence electrons. The van der Waals surface area contributed by atoms with Crippen molar-refractivity contribution in [1.82, 2.24) is 9.38 Å². The lowest BCUT2D eigenvalue weighted by Crippen LogP contribution is -2.01. The Balaban J connectivity index is 1.67. The average Bonchev–Trinajstić information content (AvgIpc) is 3.16. The molecule has 5 rings (SSSR count). The number of phenolic OH excluding ortho intramolecular Hbond substituents is 1. The highest BCUT2D eigenvalue weighted by molar-refractivity contribution is 7.98. The molecule has 3 aromatic heterocycles. The van der Waals surface area contributed by atoms with Crippen molar-refractivity contribution in [1.29, 1.82) is 5.26 Å². The van der Waals surface area contributed by atoms with Gasteiger partial charge in [0, 0.05) is 23.3 Å². The monoisotopic (exact) mass is 427 g/mol. The van der Waals surface area contributed by atoms with Gasteiger partial charge in [0.1, 0.15) is 17.4 Å². The molecule has 3 heterocycles. The summed E-state index contributed by atoms with van der Waals surface area (Å²) in [6.45, 7) is 2.02. The molecule has 0 aliphatic heterocycles. The minimum absolute atomic E-state index is 0.0479. The van der Waals surface area contributed by atoms with Gasteiger partial charge in [0.05, 0.1) is 21.6 Å². The zero-order chi connectivity index (χ0) is 21.5. The van der Waals surface area contributed by atoms with E-state index < -0.39 is 5.63 Å². The van der Waals surface area contributed by atoms with E-state index in [9.17, 15) is 15.2 Å². The molecular weight excluding hydrogens is 410 g/mol. The maximum Gasteiger partial charge on any atom is 0.336 e. The minimum atomic E-state index is -0.457. The second-order valence-corrected chi connectivity index (χ2v) is 8.16. The van der Waals surface area contributed by atoms with Crippen LogP contribution in [0.15, 0.2) is 68.8 Å². The summed E-state index contributed by atoms with van der Waals surface area (Å²) in [6, 6.07) is 18.4. The normalized spacial score (nSPS) is 11.4. The molecule has 0 saturated heterocycles. The zero-order valence-electron chi connectivity index (χ0n) is 16.6. The van der Waals surface area contributed by atoms with Crippen molar-refractivity contribution in [3.8, 4) is 11.8 Å². The summed E-state index contributed by atoms with van der Waals surface area (Å²) in [6.07, 6.45) is 0.716. The molecule has 0 saturated carbocycles. The second-order valence-electron chi connectivity index (χ2n) is 7.17. The van der Waals surface area contributed by atoms with Crippen LogP contribution in [0.5, 0.6) is 5.75 Å². The molecule has 0 aliphatic rings. The molecule has 0 fully saturated rings. The van der Waals surface area contributed by atoms with E-state index in [4.69, 9.17) is 9.40 Å². The highest BCUT2D eigenvalue weighted by Crippen LogP contribution is 2.33. The number of thioether (sulfide) groups is 1. The van der Waals surface area contributed by atoms with Gasteiger partial charge in [0.2, 0.25) is 0 Å². The van der Waals surface area contributed by atoms with E-state index in [-0.39, 0.29) is 5.75 Å². The molecular formula is C24H17N3O3S. The zero-order valence-corrected chi connectivity index (χ0v) is 17.4. The molecule has 1 N–H and O–H groups in total. The Hall–Kier alpha value is -3.76. The van der Waals surface area contributed by atoms with E-state index in [0.29, 0.717) is 29.0 Å². The number of aromatic nitrogens is 2. The molecule has 0 bridgehead atoms. The molecule has 0 amide bonds. The number of rotatable bonds is 4. The van der Waals surface area contributed by atoms with Crippen molar-refractivity contribution in [3.63, 3.8) is 0 Å². The number of aryl methyl sites for hydroxylation is 1. The van der Waals surface area contributed by atoms with Gasteiger partial charge in [-0.05, 0) is 47.9 Å². The van der Waals surface area contributed by atoms with E-state index in [2.05, 4.69) is 6.07 Å². The van der Waals surface area contributed by atoms with Crippen LogP contribution in [0.3, 0.4) is 0 Å². The topological polar surface area (TPSA) is 91.5 Å². The van der Waals surface area contributed by atoms with Crippen LogP contribution in [0.4, 0.5) is 0 Å². The van der Waals surface area contributed by atoms with Crippen LogP contribution in [0.1, 0.15) is 23.6 Å². The van der Waals surface area contributed by atoms with Gasteiger partial charge < -0.3 is 9.52 Å². The van der Waals surface area contributed by atoms with Crippen molar-refractivity contribution < 1.29 is 9.52 Å². The van der Waals surface area contributed by atoms with Crippen molar-refractivity contribution >= 4 is 39.4 Å². The largest absolute Gasteiger partial charge is 0.508 e. The van der Waals surface area contributed by atoms with Gasteiger partial charge in [-0.15, -0.1) is 11.8 Å². The van der Waals surface area contributed by atoms with Crippen LogP contribution in [-0.4, -0.2) is 14.5 Å². The molecule has 31 heavy (non-hydrogen) atoms. The Morgan fingerprint density at radius 1 is 1.16 bits per heavy atom. The number of pyridine rings is 1. The lowest BCUT2D eigenvalue weighted by atomic mass is 10.1. The van der Waals surface area contributed by atoms with E-state index in [1.54, 1.807) is 23.9 Å². The van der Waals surface area contributed by atoms with Crippen LogP contribution >= 0.6 is 11.8 Å². The Morgan fingerprint density at radius 2 is 2.00 bits per heavy atom. The van der Waals surface area contributed by atoms with Gasteiger partial charge in [0.15, 0.2) is 5.65 Å². The average molecular weight is 427 g/mol. The van der Waals surface area contributed by atoms with Gasteiger partial charge in [0.25, 0.3) is 0 Å². The molecule has 6 nitrogen and oxygen atoms in total. The van der Waals surface area contributed by atoms with E-state index in [1.807, 2.05) is 41.7 Å². The van der Waals surface area contributed by atoms with Gasteiger partial charge in [-0.2, -0.15) is 5.26 Å². The van der Waals surface area contributed by atoms with E-state index in [1.165, 1.54) is 12.1 Å². The number of hydrogen-bond donors (Lipinski definition) is 1. The summed E-state index contributed by atoms with van der Waals surface area (Å²) < 4.78 is 7.25. The number of hydrogen-bond acceptors (Lipinski definition) is 6. The first kappa shape index (κ1) is 19.2. The lowest BCUT2D eigenvalue weighted by molar-refractivity contribution is 0.473. The Morgan fingerprint density at radius 3 is 2.81 bits per heavy atom. The van der Waals surface area contributed by atoms with Crippen molar-refractivity contribution in [3.05, 3.63) is 81.7 Å². The highest BCUT2D eigenvalue weighted by Gasteiger charge is 2.17. The number of benzene rings is 2. The predicted octanol–water partition coefficient (Wildman–Crippen LogP) is 5.03. The van der Waals surface area contributed by atoms with Gasteiger partial charge in [-0.3, -0.25) is 4.40 Å². The van der Waals surface area contributed by atoms with Crippen LogP contribution in [-0.2, 0) is 12.2 Å². The minimum Gasteiger partial charge on any atom is -0.508 e. The van der Waals surface area contributed by atoms with Gasteiger partial charge >= 0.3 is 5.63 Å². The number of imidazole rings is 1. The molecule has 0 radical (unpaired) electrons. The van der Waals surface area contributed by atoms with Gasteiger partial charge in [-0.25, -0.2) is 9.78 Å².